The molecule has 1 heterocycles. The first kappa shape index (κ1) is 15.6. The van der Waals surface area contributed by atoms with Crippen molar-refractivity contribution in [2.45, 2.75) is 38.7 Å². The summed E-state index contributed by atoms with van der Waals surface area (Å²) < 4.78 is 24.0. The maximum absolute atomic E-state index is 13.8. The van der Waals surface area contributed by atoms with Gasteiger partial charge in [0.15, 0.2) is 11.6 Å². The normalized spacial score (nSPS) is 18.7. The van der Waals surface area contributed by atoms with Gasteiger partial charge >= 0.3 is 6.09 Å². The summed E-state index contributed by atoms with van der Waals surface area (Å²) in [5.74, 6) is 0.00406. The third-order valence-corrected chi connectivity index (χ3v) is 3.49. The predicted octanol–water partition coefficient (Wildman–Crippen LogP) is 3.56. The lowest BCUT2D eigenvalue weighted by molar-refractivity contribution is 0.0292. The number of likely N-dealkylation sites (tertiary alicyclic amines) is 1. The maximum Gasteiger partial charge on any atom is 0.410 e. The number of methoxy groups -OCH3 is 1. The first-order valence-electron chi connectivity index (χ1n) is 7.11. The van der Waals surface area contributed by atoms with Crippen LogP contribution in [0.2, 0.25) is 0 Å². The summed E-state index contributed by atoms with van der Waals surface area (Å²) in [5.41, 5.74) is 0.390. The van der Waals surface area contributed by atoms with Gasteiger partial charge in [0.05, 0.1) is 7.11 Å². The van der Waals surface area contributed by atoms with Crippen LogP contribution >= 0.6 is 0 Å². The van der Waals surface area contributed by atoms with Crippen LogP contribution in [0.4, 0.5) is 9.18 Å². The van der Waals surface area contributed by atoms with E-state index in [1.54, 1.807) is 11.0 Å². The predicted molar refractivity (Wildman–Crippen MR) is 78.1 cm³/mol. The number of ether oxygens (including phenoxy) is 2. The second-order valence-corrected chi connectivity index (χ2v) is 6.31. The molecular formula is C16H22FNO3. The van der Waals surface area contributed by atoms with Crippen molar-refractivity contribution in [3.8, 4) is 5.75 Å². The quantitative estimate of drug-likeness (QED) is 0.837. The van der Waals surface area contributed by atoms with Crippen molar-refractivity contribution in [1.29, 1.82) is 0 Å². The summed E-state index contributed by atoms with van der Waals surface area (Å²) in [4.78, 5) is 13.7. The van der Waals surface area contributed by atoms with Gasteiger partial charge in [-0.05, 0) is 44.9 Å². The van der Waals surface area contributed by atoms with Gasteiger partial charge in [-0.2, -0.15) is 0 Å². The lowest BCUT2D eigenvalue weighted by atomic mass is 9.98. The molecule has 1 fully saturated rings. The number of hydrogen-bond acceptors (Lipinski definition) is 3. The van der Waals surface area contributed by atoms with Crippen LogP contribution < -0.4 is 4.74 Å². The van der Waals surface area contributed by atoms with E-state index in [2.05, 4.69) is 0 Å². The summed E-state index contributed by atoms with van der Waals surface area (Å²) in [7, 11) is 1.44. The largest absolute Gasteiger partial charge is 0.494 e. The van der Waals surface area contributed by atoms with Crippen molar-refractivity contribution >= 4 is 6.09 Å². The highest BCUT2D eigenvalue weighted by molar-refractivity contribution is 5.68. The van der Waals surface area contributed by atoms with E-state index in [9.17, 15) is 9.18 Å². The van der Waals surface area contributed by atoms with Crippen molar-refractivity contribution < 1.29 is 18.7 Å². The zero-order valence-electron chi connectivity index (χ0n) is 13.0. The first-order chi connectivity index (χ1) is 9.80. The average Bonchev–Trinajstić information content (AvgIpc) is 2.86. The molecule has 0 aromatic heterocycles. The van der Waals surface area contributed by atoms with E-state index >= 15 is 0 Å². The molecule has 116 valence electrons. The fourth-order valence-electron chi connectivity index (χ4n) is 2.46. The highest BCUT2D eigenvalue weighted by Gasteiger charge is 2.30. The van der Waals surface area contributed by atoms with Crippen LogP contribution in [0, 0.1) is 5.82 Å². The Kier molecular flexibility index (Phi) is 4.40. The van der Waals surface area contributed by atoms with Gasteiger partial charge < -0.3 is 14.4 Å². The Morgan fingerprint density at radius 1 is 1.38 bits per heavy atom. The van der Waals surface area contributed by atoms with Crippen LogP contribution in [0.25, 0.3) is 0 Å². The number of nitrogens with zero attached hydrogens (tertiary/aromatic N) is 1. The van der Waals surface area contributed by atoms with Gasteiger partial charge in [0.2, 0.25) is 0 Å². The molecule has 0 spiro atoms. The molecule has 0 N–H and O–H groups in total. The Labute approximate surface area is 124 Å². The van der Waals surface area contributed by atoms with E-state index in [1.807, 2.05) is 26.8 Å². The third kappa shape index (κ3) is 3.86. The molecule has 2 rings (SSSR count). The van der Waals surface area contributed by atoms with E-state index < -0.39 is 5.60 Å². The SMILES string of the molecule is COc1ccc(C2CCN(C(=O)OC(C)(C)C)C2)cc1F. The molecule has 4 nitrogen and oxygen atoms in total. The number of halogens is 1. The highest BCUT2D eigenvalue weighted by atomic mass is 19.1. The van der Waals surface area contributed by atoms with Crippen molar-refractivity contribution in [3.05, 3.63) is 29.6 Å². The fraction of sp³-hybridized carbons (Fsp3) is 0.562. The Bertz CT molecular complexity index is 525. The molecule has 5 heteroatoms. The second-order valence-electron chi connectivity index (χ2n) is 6.31. The molecule has 1 saturated heterocycles. The molecular weight excluding hydrogens is 273 g/mol. The molecule has 0 radical (unpaired) electrons. The molecule has 1 aliphatic rings. The number of benzene rings is 1. The van der Waals surface area contributed by atoms with Crippen molar-refractivity contribution in [2.24, 2.45) is 0 Å². The smallest absolute Gasteiger partial charge is 0.410 e. The highest BCUT2D eigenvalue weighted by Crippen LogP contribution is 2.30. The van der Waals surface area contributed by atoms with Gasteiger partial charge in [-0.15, -0.1) is 0 Å². The molecule has 0 saturated carbocycles. The Balaban J connectivity index is 2.02. The Morgan fingerprint density at radius 2 is 2.10 bits per heavy atom. The monoisotopic (exact) mass is 295 g/mol. The van der Waals surface area contributed by atoms with Gasteiger partial charge in [0, 0.05) is 19.0 Å². The van der Waals surface area contributed by atoms with Crippen molar-refractivity contribution in [2.75, 3.05) is 20.2 Å². The zero-order chi connectivity index (χ0) is 15.6. The number of hydrogen-bond donors (Lipinski definition) is 0. The molecule has 1 atom stereocenters. The number of carbonyl (C=O) groups is 1. The zero-order valence-corrected chi connectivity index (χ0v) is 13.0. The van der Waals surface area contributed by atoms with Gasteiger partial charge in [-0.3, -0.25) is 0 Å². The maximum atomic E-state index is 13.8. The van der Waals surface area contributed by atoms with Crippen LogP contribution in [-0.2, 0) is 4.74 Å². The van der Waals surface area contributed by atoms with Gasteiger partial charge in [-0.25, -0.2) is 9.18 Å². The molecule has 0 aliphatic carbocycles. The summed E-state index contributed by atoms with van der Waals surface area (Å²) >= 11 is 0. The van der Waals surface area contributed by atoms with Crippen molar-refractivity contribution in [1.82, 2.24) is 4.90 Å². The molecule has 1 aromatic carbocycles. The summed E-state index contributed by atoms with van der Waals surface area (Å²) in [6, 6.07) is 4.97. The summed E-state index contributed by atoms with van der Waals surface area (Å²) in [5, 5.41) is 0. The molecule has 21 heavy (non-hydrogen) atoms. The standard InChI is InChI=1S/C16H22FNO3/c1-16(2,3)21-15(19)18-8-7-12(10-18)11-5-6-14(20-4)13(17)9-11/h5-6,9,12H,7-8,10H2,1-4H3. The van der Waals surface area contributed by atoms with E-state index in [1.165, 1.54) is 13.2 Å². The van der Waals surface area contributed by atoms with Crippen LogP contribution in [0.5, 0.6) is 5.75 Å². The van der Waals surface area contributed by atoms with Crippen LogP contribution in [0.15, 0.2) is 18.2 Å². The second kappa shape index (κ2) is 5.92. The molecule has 1 unspecified atom stereocenters. The average molecular weight is 295 g/mol. The summed E-state index contributed by atoms with van der Waals surface area (Å²) in [6.45, 7) is 6.72. The number of rotatable bonds is 2. The minimum atomic E-state index is -0.499. The molecule has 1 amide bonds. The number of carbonyl (C=O) groups excluding carboxylic acids is 1. The van der Waals surface area contributed by atoms with Gasteiger partial charge in [0.25, 0.3) is 0 Å². The van der Waals surface area contributed by atoms with Gasteiger partial charge in [-0.1, -0.05) is 6.07 Å². The Morgan fingerprint density at radius 3 is 2.67 bits per heavy atom. The van der Waals surface area contributed by atoms with Gasteiger partial charge in [0.1, 0.15) is 5.60 Å². The first-order valence-corrected chi connectivity index (χ1v) is 7.11. The Hall–Kier alpha value is -1.78. The number of amides is 1. The minimum Gasteiger partial charge on any atom is -0.494 e. The van der Waals surface area contributed by atoms with Crippen LogP contribution in [0.3, 0.4) is 0 Å². The van der Waals surface area contributed by atoms with E-state index in [4.69, 9.17) is 9.47 Å². The molecule has 0 bridgehead atoms. The molecule has 1 aliphatic heterocycles. The lowest BCUT2D eigenvalue weighted by Crippen LogP contribution is -2.35. The third-order valence-electron chi connectivity index (χ3n) is 3.49. The fourth-order valence-corrected chi connectivity index (χ4v) is 2.46. The minimum absolute atomic E-state index is 0.137. The lowest BCUT2D eigenvalue weighted by Gasteiger charge is -2.24. The molecule has 1 aromatic rings. The van der Waals surface area contributed by atoms with E-state index in [-0.39, 0.29) is 23.6 Å². The van der Waals surface area contributed by atoms with E-state index in [0.29, 0.717) is 13.1 Å². The van der Waals surface area contributed by atoms with Crippen LogP contribution in [-0.4, -0.2) is 36.8 Å². The van der Waals surface area contributed by atoms with Crippen LogP contribution in [0.1, 0.15) is 38.7 Å². The topological polar surface area (TPSA) is 38.8 Å². The summed E-state index contributed by atoms with van der Waals surface area (Å²) in [6.07, 6.45) is 0.504. The van der Waals surface area contributed by atoms with Crippen molar-refractivity contribution in [3.63, 3.8) is 0 Å². The van der Waals surface area contributed by atoms with E-state index in [0.717, 1.165) is 12.0 Å².